The highest BCUT2D eigenvalue weighted by Gasteiger charge is 2.24. The van der Waals surface area contributed by atoms with E-state index in [9.17, 15) is 9.59 Å². The van der Waals surface area contributed by atoms with Crippen LogP contribution in [0.1, 0.15) is 48.5 Å². The van der Waals surface area contributed by atoms with Crippen molar-refractivity contribution in [3.8, 4) is 0 Å². The van der Waals surface area contributed by atoms with Crippen molar-refractivity contribution in [1.29, 1.82) is 0 Å². The molecule has 2 amide bonds. The zero-order chi connectivity index (χ0) is 21.8. The fourth-order valence-electron chi connectivity index (χ4n) is 3.79. The van der Waals surface area contributed by atoms with Crippen LogP contribution in [-0.2, 0) is 4.79 Å². The number of anilines is 3. The predicted molar refractivity (Wildman–Crippen MR) is 117 cm³/mol. The van der Waals surface area contributed by atoms with Crippen LogP contribution in [0, 0.1) is 5.92 Å². The Morgan fingerprint density at radius 2 is 2.13 bits per heavy atom. The summed E-state index contributed by atoms with van der Waals surface area (Å²) in [6.07, 6.45) is 11.8. The molecule has 2 aliphatic rings. The lowest BCUT2D eigenvalue weighted by Gasteiger charge is -2.32. The average Bonchev–Trinajstić information content (AvgIpc) is 3.49. The minimum atomic E-state index is -0.566. The van der Waals surface area contributed by atoms with E-state index in [1.54, 1.807) is 11.1 Å². The monoisotopic (exact) mass is 424 g/mol. The lowest BCUT2D eigenvalue weighted by atomic mass is 10.1. The highest BCUT2D eigenvalue weighted by Crippen LogP contribution is 2.32. The zero-order valence-corrected chi connectivity index (χ0v) is 17.5. The quantitative estimate of drug-likeness (QED) is 0.525. The van der Waals surface area contributed by atoms with E-state index < -0.39 is 5.91 Å². The summed E-state index contributed by atoms with van der Waals surface area (Å²) < 4.78 is 1.86. The molecule has 2 aromatic heterocycles. The fraction of sp³-hybridized carbons (Fsp3) is 0.476. The number of primary amides is 1. The molecule has 1 aliphatic carbocycles. The number of carbonyl (C=O) groups is 2. The number of carbonyl (C=O) groups excluding carboxylic acids is 2. The summed E-state index contributed by atoms with van der Waals surface area (Å²) >= 11 is 0. The first-order chi connectivity index (χ1) is 15.0. The molecule has 4 rings (SSSR count). The molecule has 0 unspecified atom stereocenters. The van der Waals surface area contributed by atoms with Gasteiger partial charge in [0.2, 0.25) is 11.9 Å². The van der Waals surface area contributed by atoms with Gasteiger partial charge >= 0.3 is 0 Å². The van der Waals surface area contributed by atoms with Crippen molar-refractivity contribution in [2.75, 3.05) is 30.3 Å². The molecule has 10 nitrogen and oxygen atoms in total. The number of likely N-dealkylation sites (tertiary alicyclic amines) is 1. The van der Waals surface area contributed by atoms with Gasteiger partial charge in [0.15, 0.2) is 0 Å². The van der Waals surface area contributed by atoms with Crippen LogP contribution < -0.4 is 16.4 Å². The van der Waals surface area contributed by atoms with E-state index in [1.165, 1.54) is 25.1 Å². The second-order valence-electron chi connectivity index (χ2n) is 8.10. The Kier molecular flexibility index (Phi) is 6.15. The van der Waals surface area contributed by atoms with Gasteiger partial charge in [-0.25, -0.2) is 4.98 Å². The SMILES string of the molecule is C=CC(=O)N1CCC[C@H](n2cc(Nc3ncc(C(N)=O)c(NCCC4CC4)n3)cn2)C1. The molecule has 3 heterocycles. The van der Waals surface area contributed by atoms with Gasteiger partial charge in [0.1, 0.15) is 5.82 Å². The number of hydrogen-bond acceptors (Lipinski definition) is 7. The lowest BCUT2D eigenvalue weighted by molar-refractivity contribution is -0.127. The molecule has 4 N–H and O–H groups in total. The molecule has 1 saturated carbocycles. The molecule has 31 heavy (non-hydrogen) atoms. The van der Waals surface area contributed by atoms with Crippen molar-refractivity contribution >= 4 is 29.3 Å². The fourth-order valence-corrected chi connectivity index (χ4v) is 3.79. The molecule has 0 spiro atoms. The summed E-state index contributed by atoms with van der Waals surface area (Å²) in [4.78, 5) is 34.1. The Labute approximate surface area is 180 Å². The van der Waals surface area contributed by atoms with Gasteiger partial charge in [-0.2, -0.15) is 10.1 Å². The van der Waals surface area contributed by atoms with Crippen molar-refractivity contribution in [3.05, 3.63) is 36.8 Å². The Morgan fingerprint density at radius 1 is 1.29 bits per heavy atom. The van der Waals surface area contributed by atoms with Crippen molar-refractivity contribution in [3.63, 3.8) is 0 Å². The molecule has 1 aliphatic heterocycles. The number of nitrogens with two attached hydrogens (primary N) is 1. The molecule has 0 bridgehead atoms. The summed E-state index contributed by atoms with van der Waals surface area (Å²) in [7, 11) is 0. The van der Waals surface area contributed by atoms with E-state index in [-0.39, 0.29) is 17.5 Å². The highest BCUT2D eigenvalue weighted by molar-refractivity contribution is 5.97. The summed E-state index contributed by atoms with van der Waals surface area (Å²) in [5.41, 5.74) is 6.46. The number of aromatic nitrogens is 4. The van der Waals surface area contributed by atoms with Crippen molar-refractivity contribution < 1.29 is 9.59 Å². The van der Waals surface area contributed by atoms with Gasteiger partial charge in [0.25, 0.3) is 5.91 Å². The van der Waals surface area contributed by atoms with Crippen LogP contribution in [0.4, 0.5) is 17.5 Å². The van der Waals surface area contributed by atoms with Gasteiger partial charge < -0.3 is 21.3 Å². The smallest absolute Gasteiger partial charge is 0.254 e. The number of piperidine rings is 1. The predicted octanol–water partition coefficient (Wildman–Crippen LogP) is 2.08. The minimum Gasteiger partial charge on any atom is -0.369 e. The van der Waals surface area contributed by atoms with Crippen LogP contribution in [0.25, 0.3) is 0 Å². The highest BCUT2D eigenvalue weighted by atomic mass is 16.2. The van der Waals surface area contributed by atoms with Gasteiger partial charge in [0.05, 0.1) is 23.5 Å². The first-order valence-corrected chi connectivity index (χ1v) is 10.7. The standard InChI is InChI=1S/C21H28N8O2/c1-2-18(30)28-9-3-4-16(13-28)29-12-15(10-25-29)26-21-24-11-17(19(22)31)20(27-21)23-8-7-14-5-6-14/h2,10-12,14,16H,1,3-9,13H2,(H2,22,31)(H2,23,24,26,27)/t16-/m0/s1. The molecular weight excluding hydrogens is 396 g/mol. The second kappa shape index (κ2) is 9.15. The third-order valence-electron chi connectivity index (χ3n) is 5.71. The Morgan fingerprint density at radius 3 is 2.87 bits per heavy atom. The summed E-state index contributed by atoms with van der Waals surface area (Å²) in [6.45, 7) is 5.65. The Bertz CT molecular complexity index is 968. The maximum atomic E-state index is 11.9. The number of hydrogen-bond donors (Lipinski definition) is 3. The van der Waals surface area contributed by atoms with Gasteiger partial charge in [-0.05, 0) is 31.3 Å². The maximum Gasteiger partial charge on any atom is 0.254 e. The van der Waals surface area contributed by atoms with E-state index in [0.29, 0.717) is 18.3 Å². The first-order valence-electron chi connectivity index (χ1n) is 10.7. The van der Waals surface area contributed by atoms with E-state index in [0.717, 1.165) is 44.0 Å². The van der Waals surface area contributed by atoms with E-state index in [2.05, 4.69) is 32.3 Å². The lowest BCUT2D eigenvalue weighted by Crippen LogP contribution is -2.39. The van der Waals surface area contributed by atoms with Crippen molar-refractivity contribution in [2.24, 2.45) is 11.7 Å². The molecular formula is C21H28N8O2. The number of amides is 2. The molecule has 2 fully saturated rings. The first kappa shape index (κ1) is 20.8. The van der Waals surface area contributed by atoms with E-state index in [4.69, 9.17) is 5.73 Å². The van der Waals surface area contributed by atoms with Crippen LogP contribution >= 0.6 is 0 Å². The second-order valence-corrected chi connectivity index (χ2v) is 8.10. The normalized spacial score (nSPS) is 18.5. The van der Waals surface area contributed by atoms with Gasteiger partial charge in [-0.15, -0.1) is 0 Å². The molecule has 0 radical (unpaired) electrons. The van der Waals surface area contributed by atoms with E-state index in [1.807, 2.05) is 10.9 Å². The summed E-state index contributed by atoms with van der Waals surface area (Å²) in [5.74, 6) is 0.936. The molecule has 10 heteroatoms. The summed E-state index contributed by atoms with van der Waals surface area (Å²) in [6, 6.07) is 0.103. The third-order valence-corrected chi connectivity index (χ3v) is 5.71. The molecule has 1 saturated heterocycles. The third kappa shape index (κ3) is 5.19. The zero-order valence-electron chi connectivity index (χ0n) is 17.5. The van der Waals surface area contributed by atoms with Crippen molar-refractivity contribution in [1.82, 2.24) is 24.6 Å². The topological polar surface area (TPSA) is 131 Å². The van der Waals surface area contributed by atoms with Gasteiger partial charge in [0, 0.05) is 32.0 Å². The number of nitrogens with zero attached hydrogens (tertiary/aromatic N) is 5. The van der Waals surface area contributed by atoms with Crippen LogP contribution in [-0.4, -0.2) is 56.1 Å². The Hall–Kier alpha value is -3.43. The van der Waals surface area contributed by atoms with Crippen LogP contribution in [0.5, 0.6) is 0 Å². The van der Waals surface area contributed by atoms with Crippen LogP contribution in [0.3, 0.4) is 0 Å². The molecule has 0 aromatic carbocycles. The average molecular weight is 425 g/mol. The van der Waals surface area contributed by atoms with Gasteiger partial charge in [-0.1, -0.05) is 19.4 Å². The molecule has 164 valence electrons. The van der Waals surface area contributed by atoms with Crippen molar-refractivity contribution in [2.45, 2.75) is 38.1 Å². The van der Waals surface area contributed by atoms with Gasteiger partial charge in [-0.3, -0.25) is 14.3 Å². The molecule has 1 atom stereocenters. The van der Waals surface area contributed by atoms with Crippen LogP contribution in [0.15, 0.2) is 31.2 Å². The largest absolute Gasteiger partial charge is 0.369 e. The minimum absolute atomic E-state index is 0.0557. The number of nitrogens with one attached hydrogen (secondary N) is 2. The summed E-state index contributed by atoms with van der Waals surface area (Å²) in [5, 5.41) is 10.8. The maximum absolute atomic E-state index is 11.9. The van der Waals surface area contributed by atoms with E-state index >= 15 is 0 Å². The number of rotatable bonds is 9. The Balaban J connectivity index is 1.43. The molecule has 2 aromatic rings. The van der Waals surface area contributed by atoms with Crippen LogP contribution in [0.2, 0.25) is 0 Å².